The van der Waals surface area contributed by atoms with Crippen LogP contribution in [0.3, 0.4) is 0 Å². The summed E-state index contributed by atoms with van der Waals surface area (Å²) in [6, 6.07) is 10.4. The molecule has 2 aromatic rings. The Morgan fingerprint density at radius 2 is 2.20 bits per heavy atom. The molecule has 2 heteroatoms. The van der Waals surface area contributed by atoms with E-state index in [0.717, 1.165) is 12.1 Å². The summed E-state index contributed by atoms with van der Waals surface area (Å²) in [5, 5.41) is 4.60. The van der Waals surface area contributed by atoms with E-state index in [1.807, 2.05) is 12.3 Å². The fourth-order valence-electron chi connectivity index (χ4n) is 1.60. The van der Waals surface area contributed by atoms with Gasteiger partial charge in [-0.3, -0.25) is 4.98 Å². The molecule has 0 unspecified atom stereocenters. The fourth-order valence-corrected chi connectivity index (χ4v) is 1.60. The second-order valence-corrected chi connectivity index (χ2v) is 3.69. The molecule has 0 bridgehead atoms. The first kappa shape index (κ1) is 9.97. The maximum Gasteiger partial charge on any atom is 0.0703 e. The molecule has 0 aliphatic carbocycles. The summed E-state index contributed by atoms with van der Waals surface area (Å²) in [4.78, 5) is 4.29. The smallest absolute Gasteiger partial charge is 0.0703 e. The topological polar surface area (TPSA) is 24.9 Å². The fraction of sp³-hybridized carbons (Fsp3) is 0.308. The minimum Gasteiger partial charge on any atom is -0.385 e. The third-order valence-electron chi connectivity index (χ3n) is 2.46. The van der Waals surface area contributed by atoms with Gasteiger partial charge in [0.1, 0.15) is 0 Å². The number of unbranched alkanes of at least 4 members (excludes halogenated alkanes) is 1. The summed E-state index contributed by atoms with van der Waals surface area (Å²) in [6.07, 6.45) is 4.26. The molecule has 0 saturated carbocycles. The van der Waals surface area contributed by atoms with Crippen molar-refractivity contribution in [1.29, 1.82) is 0 Å². The minimum absolute atomic E-state index is 1.04. The zero-order valence-electron chi connectivity index (χ0n) is 9.03. The lowest BCUT2D eigenvalue weighted by Crippen LogP contribution is -2.00. The number of pyridine rings is 1. The van der Waals surface area contributed by atoms with Crippen molar-refractivity contribution < 1.29 is 0 Å². The molecule has 1 aromatic heterocycles. The molecule has 0 spiro atoms. The molecule has 0 saturated heterocycles. The third kappa shape index (κ3) is 2.46. The van der Waals surface area contributed by atoms with Gasteiger partial charge in [-0.25, -0.2) is 0 Å². The van der Waals surface area contributed by atoms with E-state index in [2.05, 4.69) is 41.5 Å². The van der Waals surface area contributed by atoms with Crippen LogP contribution in [0.4, 0.5) is 5.69 Å². The molecule has 0 amide bonds. The standard InChI is InChI=1S/C13H16N2/c1-2-3-8-14-12-6-7-13-11(10-12)5-4-9-15-13/h4-7,9-10,14H,2-3,8H2,1H3. The number of nitrogens with one attached hydrogen (secondary N) is 1. The lowest BCUT2D eigenvalue weighted by atomic mass is 10.2. The van der Waals surface area contributed by atoms with E-state index in [1.165, 1.54) is 23.9 Å². The van der Waals surface area contributed by atoms with Crippen molar-refractivity contribution in [2.24, 2.45) is 0 Å². The second kappa shape index (κ2) is 4.78. The predicted octanol–water partition coefficient (Wildman–Crippen LogP) is 3.45. The van der Waals surface area contributed by atoms with Crippen LogP contribution < -0.4 is 5.32 Å². The lowest BCUT2D eigenvalue weighted by molar-refractivity contribution is 0.834. The average Bonchev–Trinajstić information content (AvgIpc) is 2.29. The number of aromatic nitrogens is 1. The SMILES string of the molecule is CCCCNc1ccc2ncccc2c1. The van der Waals surface area contributed by atoms with Crippen molar-refractivity contribution in [3.05, 3.63) is 36.5 Å². The van der Waals surface area contributed by atoms with Gasteiger partial charge in [0.15, 0.2) is 0 Å². The maximum atomic E-state index is 4.29. The van der Waals surface area contributed by atoms with Crippen LogP contribution in [0.2, 0.25) is 0 Å². The molecule has 78 valence electrons. The predicted molar refractivity (Wildman–Crippen MR) is 65.1 cm³/mol. The highest BCUT2D eigenvalue weighted by Gasteiger charge is 1.95. The highest BCUT2D eigenvalue weighted by Crippen LogP contribution is 2.16. The number of rotatable bonds is 4. The molecule has 1 N–H and O–H groups in total. The van der Waals surface area contributed by atoms with Gasteiger partial charge in [0, 0.05) is 23.8 Å². The van der Waals surface area contributed by atoms with Gasteiger partial charge in [-0.1, -0.05) is 19.4 Å². The van der Waals surface area contributed by atoms with Gasteiger partial charge in [0.2, 0.25) is 0 Å². The molecule has 0 aliphatic heterocycles. The van der Waals surface area contributed by atoms with Gasteiger partial charge in [-0.2, -0.15) is 0 Å². The molecule has 1 aromatic carbocycles. The van der Waals surface area contributed by atoms with Gasteiger partial charge >= 0.3 is 0 Å². The summed E-state index contributed by atoms with van der Waals surface area (Å²) in [5.41, 5.74) is 2.24. The summed E-state index contributed by atoms with van der Waals surface area (Å²) in [6.45, 7) is 3.24. The Bertz CT molecular complexity index is 437. The summed E-state index contributed by atoms with van der Waals surface area (Å²) >= 11 is 0. The molecule has 0 fully saturated rings. The normalized spacial score (nSPS) is 10.5. The van der Waals surface area contributed by atoms with Crippen LogP contribution in [0.25, 0.3) is 10.9 Å². The molecule has 1 heterocycles. The Morgan fingerprint density at radius 1 is 1.27 bits per heavy atom. The van der Waals surface area contributed by atoms with Gasteiger partial charge in [-0.05, 0) is 30.7 Å². The van der Waals surface area contributed by atoms with Crippen molar-refractivity contribution >= 4 is 16.6 Å². The number of benzene rings is 1. The molecule has 0 aliphatic rings. The van der Waals surface area contributed by atoms with Crippen molar-refractivity contribution in [3.63, 3.8) is 0 Å². The maximum absolute atomic E-state index is 4.29. The van der Waals surface area contributed by atoms with Crippen LogP contribution in [0.5, 0.6) is 0 Å². The quantitative estimate of drug-likeness (QED) is 0.765. The highest BCUT2D eigenvalue weighted by molar-refractivity contribution is 5.82. The van der Waals surface area contributed by atoms with E-state index in [0.29, 0.717) is 0 Å². The van der Waals surface area contributed by atoms with E-state index in [-0.39, 0.29) is 0 Å². The number of hydrogen-bond donors (Lipinski definition) is 1. The largest absolute Gasteiger partial charge is 0.385 e. The van der Waals surface area contributed by atoms with Crippen molar-refractivity contribution in [3.8, 4) is 0 Å². The first-order valence-corrected chi connectivity index (χ1v) is 5.49. The van der Waals surface area contributed by atoms with Gasteiger partial charge in [0.25, 0.3) is 0 Å². The van der Waals surface area contributed by atoms with Crippen LogP contribution in [-0.4, -0.2) is 11.5 Å². The highest BCUT2D eigenvalue weighted by atomic mass is 14.9. The summed E-state index contributed by atoms with van der Waals surface area (Å²) in [5.74, 6) is 0. The molecule has 2 nitrogen and oxygen atoms in total. The van der Waals surface area contributed by atoms with E-state index in [9.17, 15) is 0 Å². The van der Waals surface area contributed by atoms with Crippen molar-refractivity contribution in [2.45, 2.75) is 19.8 Å². The number of fused-ring (bicyclic) bond motifs is 1. The third-order valence-corrected chi connectivity index (χ3v) is 2.46. The van der Waals surface area contributed by atoms with Crippen LogP contribution in [0.1, 0.15) is 19.8 Å². The van der Waals surface area contributed by atoms with Crippen LogP contribution >= 0.6 is 0 Å². The Kier molecular flexibility index (Phi) is 3.18. The van der Waals surface area contributed by atoms with Crippen molar-refractivity contribution in [1.82, 2.24) is 4.98 Å². The second-order valence-electron chi connectivity index (χ2n) is 3.69. The van der Waals surface area contributed by atoms with Crippen LogP contribution in [0.15, 0.2) is 36.5 Å². The molecule has 15 heavy (non-hydrogen) atoms. The van der Waals surface area contributed by atoms with E-state index >= 15 is 0 Å². The summed E-state index contributed by atoms with van der Waals surface area (Å²) in [7, 11) is 0. The Morgan fingerprint density at radius 3 is 3.07 bits per heavy atom. The zero-order chi connectivity index (χ0) is 10.5. The summed E-state index contributed by atoms with van der Waals surface area (Å²) < 4.78 is 0. The first-order chi connectivity index (χ1) is 7.40. The molecule has 2 rings (SSSR count). The zero-order valence-corrected chi connectivity index (χ0v) is 9.03. The van der Waals surface area contributed by atoms with Gasteiger partial charge in [0.05, 0.1) is 5.52 Å². The van der Waals surface area contributed by atoms with Crippen LogP contribution in [-0.2, 0) is 0 Å². The molecule has 0 radical (unpaired) electrons. The monoisotopic (exact) mass is 200 g/mol. The van der Waals surface area contributed by atoms with Crippen molar-refractivity contribution in [2.75, 3.05) is 11.9 Å². The minimum atomic E-state index is 1.04. The number of nitrogens with zero attached hydrogens (tertiary/aromatic N) is 1. The van der Waals surface area contributed by atoms with E-state index < -0.39 is 0 Å². The van der Waals surface area contributed by atoms with Gasteiger partial charge in [-0.15, -0.1) is 0 Å². The van der Waals surface area contributed by atoms with Crippen LogP contribution in [0, 0.1) is 0 Å². The first-order valence-electron chi connectivity index (χ1n) is 5.49. The molecular weight excluding hydrogens is 184 g/mol. The van der Waals surface area contributed by atoms with E-state index in [4.69, 9.17) is 0 Å². The lowest BCUT2D eigenvalue weighted by Gasteiger charge is -2.06. The van der Waals surface area contributed by atoms with E-state index in [1.54, 1.807) is 0 Å². The van der Waals surface area contributed by atoms with Gasteiger partial charge < -0.3 is 5.32 Å². The Labute approximate surface area is 90.3 Å². The molecule has 0 atom stereocenters. The number of anilines is 1. The number of hydrogen-bond acceptors (Lipinski definition) is 2. The Hall–Kier alpha value is -1.57. The Balaban J connectivity index is 2.16. The molecular formula is C13H16N2. The average molecular weight is 200 g/mol.